The van der Waals surface area contributed by atoms with Crippen LogP contribution in [0.25, 0.3) is 11.0 Å². The van der Waals surface area contributed by atoms with Gasteiger partial charge in [0.05, 0.1) is 7.11 Å². The Morgan fingerprint density at radius 3 is 2.75 bits per heavy atom. The number of nitrogens with two attached hydrogens (primary N) is 1. The standard InChI is InChI=1S/C17H18N2O5/c1-23-11-4-5-12-10(7-15(20)24-14(12)8-11)6-13(16(18)21)19-17(22)9-2-3-9/h4-5,7-9,13H,2-3,6H2,1H3,(H2,18,21)(H,19,22)/t13-/m1/s1. The zero-order valence-corrected chi connectivity index (χ0v) is 13.2. The van der Waals surface area contributed by atoms with Crippen molar-refractivity contribution in [2.24, 2.45) is 11.7 Å². The number of ether oxygens (including phenoxy) is 1. The molecule has 1 aromatic heterocycles. The third kappa shape index (κ3) is 3.40. The first-order valence-electron chi connectivity index (χ1n) is 7.68. The third-order valence-electron chi connectivity index (χ3n) is 4.07. The molecule has 24 heavy (non-hydrogen) atoms. The Morgan fingerprint density at radius 2 is 2.12 bits per heavy atom. The lowest BCUT2D eigenvalue weighted by atomic mass is 10.0. The fourth-order valence-electron chi connectivity index (χ4n) is 2.58. The van der Waals surface area contributed by atoms with Crippen LogP contribution in [0, 0.1) is 5.92 Å². The first-order chi connectivity index (χ1) is 11.5. The van der Waals surface area contributed by atoms with Gasteiger partial charge < -0.3 is 20.2 Å². The van der Waals surface area contributed by atoms with Crippen LogP contribution in [0.15, 0.2) is 33.5 Å². The predicted molar refractivity (Wildman–Crippen MR) is 86.6 cm³/mol. The second-order valence-corrected chi connectivity index (χ2v) is 5.89. The number of nitrogens with one attached hydrogen (secondary N) is 1. The summed E-state index contributed by atoms with van der Waals surface area (Å²) < 4.78 is 10.3. The number of rotatable bonds is 6. The summed E-state index contributed by atoms with van der Waals surface area (Å²) in [6, 6.07) is 5.52. The second-order valence-electron chi connectivity index (χ2n) is 5.89. The molecule has 0 saturated heterocycles. The SMILES string of the molecule is COc1ccc2c(C[C@@H](NC(=O)C3CC3)C(N)=O)cc(=O)oc2c1. The topological polar surface area (TPSA) is 112 Å². The van der Waals surface area contributed by atoms with Crippen LogP contribution >= 0.6 is 0 Å². The molecule has 0 spiro atoms. The van der Waals surface area contributed by atoms with Crippen LogP contribution < -0.4 is 21.4 Å². The van der Waals surface area contributed by atoms with Gasteiger partial charge in [-0.1, -0.05) is 0 Å². The van der Waals surface area contributed by atoms with Gasteiger partial charge in [0.15, 0.2) is 0 Å². The molecule has 3 rings (SSSR count). The molecule has 1 atom stereocenters. The molecule has 2 amide bonds. The van der Waals surface area contributed by atoms with Gasteiger partial charge in [0.25, 0.3) is 0 Å². The van der Waals surface area contributed by atoms with Gasteiger partial charge in [-0.05, 0) is 30.5 Å². The molecule has 1 aliphatic rings. The Balaban J connectivity index is 1.93. The van der Waals surface area contributed by atoms with Crippen LogP contribution in [-0.4, -0.2) is 25.0 Å². The number of methoxy groups -OCH3 is 1. The van der Waals surface area contributed by atoms with Crippen LogP contribution in [0.4, 0.5) is 0 Å². The summed E-state index contributed by atoms with van der Waals surface area (Å²) in [6.45, 7) is 0. The first-order valence-corrected chi connectivity index (χ1v) is 7.68. The summed E-state index contributed by atoms with van der Waals surface area (Å²) in [5.74, 6) is -0.295. The minimum atomic E-state index is -0.870. The predicted octanol–water partition coefficient (Wildman–Crippen LogP) is 0.724. The maximum Gasteiger partial charge on any atom is 0.336 e. The van der Waals surface area contributed by atoms with E-state index >= 15 is 0 Å². The number of primary amides is 1. The maximum atomic E-state index is 11.9. The molecule has 1 saturated carbocycles. The molecule has 0 aliphatic heterocycles. The minimum absolute atomic E-state index is 0.0336. The lowest BCUT2D eigenvalue weighted by Gasteiger charge is -2.16. The van der Waals surface area contributed by atoms with Crippen molar-refractivity contribution in [3.63, 3.8) is 0 Å². The summed E-state index contributed by atoms with van der Waals surface area (Å²) in [4.78, 5) is 35.4. The van der Waals surface area contributed by atoms with E-state index in [2.05, 4.69) is 5.32 Å². The summed E-state index contributed by atoms with van der Waals surface area (Å²) in [7, 11) is 1.51. The average Bonchev–Trinajstić information content (AvgIpc) is 3.38. The zero-order valence-electron chi connectivity index (χ0n) is 13.2. The molecule has 7 nitrogen and oxygen atoms in total. The quantitative estimate of drug-likeness (QED) is 0.758. The van der Waals surface area contributed by atoms with Crippen LogP contribution in [0.3, 0.4) is 0 Å². The van der Waals surface area contributed by atoms with Crippen molar-refractivity contribution < 1.29 is 18.7 Å². The highest BCUT2D eigenvalue weighted by Gasteiger charge is 2.32. The number of benzene rings is 1. The maximum absolute atomic E-state index is 11.9. The molecule has 1 heterocycles. The molecule has 0 unspecified atom stereocenters. The van der Waals surface area contributed by atoms with E-state index in [0.717, 1.165) is 12.8 Å². The van der Waals surface area contributed by atoms with Crippen molar-refractivity contribution in [1.29, 1.82) is 0 Å². The Morgan fingerprint density at radius 1 is 1.38 bits per heavy atom. The van der Waals surface area contributed by atoms with E-state index in [9.17, 15) is 14.4 Å². The molecule has 7 heteroatoms. The van der Waals surface area contributed by atoms with Crippen LogP contribution in [0.5, 0.6) is 5.75 Å². The van der Waals surface area contributed by atoms with Crippen molar-refractivity contribution in [1.82, 2.24) is 5.32 Å². The summed E-state index contributed by atoms with van der Waals surface area (Å²) in [6.07, 6.45) is 1.78. The summed E-state index contributed by atoms with van der Waals surface area (Å²) in [5.41, 5.74) is 5.81. The normalized spacial score (nSPS) is 15.0. The Kier molecular flexibility index (Phi) is 4.24. The number of amides is 2. The highest BCUT2D eigenvalue weighted by atomic mass is 16.5. The Hall–Kier alpha value is -2.83. The molecule has 0 radical (unpaired) electrons. The second kappa shape index (κ2) is 6.35. The van der Waals surface area contributed by atoms with Crippen molar-refractivity contribution in [3.8, 4) is 5.75 Å². The Labute approximate surface area is 137 Å². The van der Waals surface area contributed by atoms with Gasteiger partial charge in [-0.2, -0.15) is 0 Å². The molecule has 3 N–H and O–H groups in total. The highest BCUT2D eigenvalue weighted by molar-refractivity contribution is 5.89. The fraction of sp³-hybridized carbons (Fsp3) is 0.353. The summed E-state index contributed by atoms with van der Waals surface area (Å²) >= 11 is 0. The van der Waals surface area contributed by atoms with Crippen LogP contribution in [0.1, 0.15) is 18.4 Å². The van der Waals surface area contributed by atoms with Gasteiger partial charge in [0, 0.05) is 29.9 Å². The number of fused-ring (bicyclic) bond motifs is 1. The molecule has 126 valence electrons. The largest absolute Gasteiger partial charge is 0.497 e. The van der Waals surface area contributed by atoms with E-state index in [0.29, 0.717) is 22.3 Å². The lowest BCUT2D eigenvalue weighted by Crippen LogP contribution is -2.46. The van der Waals surface area contributed by atoms with E-state index in [-0.39, 0.29) is 18.2 Å². The van der Waals surface area contributed by atoms with Gasteiger partial charge in [-0.3, -0.25) is 9.59 Å². The van der Waals surface area contributed by atoms with Crippen LogP contribution in [0.2, 0.25) is 0 Å². The lowest BCUT2D eigenvalue weighted by molar-refractivity contribution is -0.128. The van der Waals surface area contributed by atoms with Crippen molar-refractivity contribution in [2.75, 3.05) is 7.11 Å². The first kappa shape index (κ1) is 16.0. The van der Waals surface area contributed by atoms with Crippen LogP contribution in [-0.2, 0) is 16.0 Å². The molecule has 1 aliphatic carbocycles. The molecule has 1 aromatic carbocycles. The summed E-state index contributed by atoms with van der Waals surface area (Å²) in [5, 5.41) is 3.33. The smallest absolute Gasteiger partial charge is 0.336 e. The molecule has 2 aromatic rings. The van der Waals surface area contributed by atoms with Gasteiger partial charge in [0.1, 0.15) is 17.4 Å². The van der Waals surface area contributed by atoms with E-state index < -0.39 is 17.6 Å². The highest BCUT2D eigenvalue weighted by Crippen LogP contribution is 2.29. The number of hydrogen-bond donors (Lipinski definition) is 2. The van der Waals surface area contributed by atoms with E-state index in [1.807, 2.05) is 0 Å². The monoisotopic (exact) mass is 330 g/mol. The fourth-order valence-corrected chi connectivity index (χ4v) is 2.58. The molecule has 1 fully saturated rings. The number of carbonyl (C=O) groups excluding carboxylic acids is 2. The van der Waals surface area contributed by atoms with Crippen molar-refractivity contribution >= 4 is 22.8 Å². The molecular formula is C17H18N2O5. The van der Waals surface area contributed by atoms with Gasteiger partial charge in [-0.25, -0.2) is 4.79 Å². The Bertz CT molecular complexity index is 854. The van der Waals surface area contributed by atoms with Gasteiger partial charge >= 0.3 is 5.63 Å². The van der Waals surface area contributed by atoms with Gasteiger partial charge in [0.2, 0.25) is 11.8 Å². The third-order valence-corrected chi connectivity index (χ3v) is 4.07. The molecule has 0 bridgehead atoms. The van der Waals surface area contributed by atoms with E-state index in [4.69, 9.17) is 14.9 Å². The average molecular weight is 330 g/mol. The van der Waals surface area contributed by atoms with Gasteiger partial charge in [-0.15, -0.1) is 0 Å². The minimum Gasteiger partial charge on any atom is -0.497 e. The number of hydrogen-bond acceptors (Lipinski definition) is 5. The number of carbonyl (C=O) groups is 2. The van der Waals surface area contributed by atoms with Crippen molar-refractivity contribution in [3.05, 3.63) is 40.2 Å². The van der Waals surface area contributed by atoms with E-state index in [1.165, 1.54) is 13.2 Å². The van der Waals surface area contributed by atoms with E-state index in [1.54, 1.807) is 18.2 Å². The molecular weight excluding hydrogens is 312 g/mol. The van der Waals surface area contributed by atoms with Crippen molar-refractivity contribution in [2.45, 2.75) is 25.3 Å². The zero-order chi connectivity index (χ0) is 17.3.